The fourth-order valence-electron chi connectivity index (χ4n) is 1.49. The third kappa shape index (κ3) is 4.64. The molecule has 0 aromatic heterocycles. The van der Waals surface area contributed by atoms with Crippen molar-refractivity contribution in [1.82, 2.24) is 0 Å². The molecule has 0 fully saturated rings. The Labute approximate surface area is 132 Å². The molecule has 0 heterocycles. The van der Waals surface area contributed by atoms with E-state index in [2.05, 4.69) is 4.40 Å². The molecule has 0 amide bonds. The Morgan fingerprint density at radius 2 is 1.78 bits per heavy atom. The number of rotatable bonds is 3. The molecule has 0 aliphatic carbocycles. The number of hydrogen-bond donors (Lipinski definition) is 0. The maximum atomic E-state index is 14.1. The van der Waals surface area contributed by atoms with Crippen molar-refractivity contribution in [3.63, 3.8) is 0 Å². The second-order valence-electron chi connectivity index (χ2n) is 5.65. The molecule has 0 spiro atoms. The molecule has 0 N–H and O–H groups in total. The second kappa shape index (κ2) is 6.44. The highest BCUT2D eigenvalue weighted by Gasteiger charge is 2.38. The highest BCUT2D eigenvalue weighted by Crippen LogP contribution is 2.35. The Hall–Kier alpha value is -1.68. The molecule has 128 valence electrons. The van der Waals surface area contributed by atoms with Crippen LogP contribution in [0.4, 0.5) is 23.2 Å². The summed E-state index contributed by atoms with van der Waals surface area (Å²) >= 11 is -1.85. The summed E-state index contributed by atoms with van der Waals surface area (Å²) in [4.78, 5) is 9.70. The fourth-order valence-corrected chi connectivity index (χ4v) is 2.12. The summed E-state index contributed by atoms with van der Waals surface area (Å²) in [5.41, 5.74) is -3.71. The normalized spacial score (nSPS) is 14.7. The van der Waals surface area contributed by atoms with Gasteiger partial charge in [-0.1, -0.05) is 4.40 Å². The molecule has 5 nitrogen and oxygen atoms in total. The summed E-state index contributed by atoms with van der Waals surface area (Å²) in [5.74, 6) is -1.68. The van der Waals surface area contributed by atoms with Gasteiger partial charge in [-0.3, -0.25) is 10.1 Å². The Morgan fingerprint density at radius 3 is 2.17 bits per heavy atom. The molecule has 1 aromatic carbocycles. The summed E-state index contributed by atoms with van der Waals surface area (Å²) in [6.07, 6.45) is -5.10. The van der Waals surface area contributed by atoms with E-state index >= 15 is 0 Å². The van der Waals surface area contributed by atoms with E-state index in [1.54, 1.807) is 20.8 Å². The van der Waals surface area contributed by atoms with E-state index in [0.29, 0.717) is 6.07 Å². The molecule has 1 aromatic rings. The van der Waals surface area contributed by atoms with Crippen LogP contribution in [0.15, 0.2) is 16.5 Å². The van der Waals surface area contributed by atoms with Gasteiger partial charge in [-0.05, 0) is 27.7 Å². The standard InChI is InChI=1S/C13H14F4N2O3S/c1-7(18-23(22)12(2,3)4)9-5-8(19(20)21)6-10(11(9)14)13(15,16)17/h5-6H,1-4H3/b18-7+. The van der Waals surface area contributed by atoms with Crippen LogP contribution >= 0.6 is 0 Å². The van der Waals surface area contributed by atoms with E-state index in [9.17, 15) is 32.2 Å². The quantitative estimate of drug-likeness (QED) is 0.270. The largest absolute Gasteiger partial charge is 0.591 e. The summed E-state index contributed by atoms with van der Waals surface area (Å²) in [6.45, 7) is 5.87. The molecule has 0 aliphatic rings. The fraction of sp³-hybridized carbons (Fsp3) is 0.462. The molecular formula is C13H14F4N2O3S. The van der Waals surface area contributed by atoms with Crippen molar-refractivity contribution in [2.24, 2.45) is 4.40 Å². The van der Waals surface area contributed by atoms with Crippen LogP contribution in [0.3, 0.4) is 0 Å². The van der Waals surface area contributed by atoms with Gasteiger partial charge in [0.1, 0.15) is 21.9 Å². The lowest BCUT2D eigenvalue weighted by Crippen LogP contribution is -2.27. The monoisotopic (exact) mass is 354 g/mol. The second-order valence-corrected chi connectivity index (χ2v) is 7.55. The van der Waals surface area contributed by atoms with Crippen molar-refractivity contribution in [2.75, 3.05) is 0 Å². The first-order valence-electron chi connectivity index (χ1n) is 6.28. The predicted octanol–water partition coefficient (Wildman–Crippen LogP) is 4.02. The third-order valence-corrected chi connectivity index (χ3v) is 4.19. The smallest absolute Gasteiger partial charge is 0.419 e. The lowest BCUT2D eigenvalue weighted by Gasteiger charge is -2.19. The van der Waals surface area contributed by atoms with Gasteiger partial charge in [-0.2, -0.15) is 13.2 Å². The van der Waals surface area contributed by atoms with Crippen LogP contribution < -0.4 is 0 Å². The maximum absolute atomic E-state index is 14.1. The molecular weight excluding hydrogens is 340 g/mol. The number of hydrogen-bond acceptors (Lipinski definition) is 4. The van der Waals surface area contributed by atoms with Gasteiger partial charge in [0.05, 0.1) is 16.2 Å². The van der Waals surface area contributed by atoms with Crippen molar-refractivity contribution < 1.29 is 27.0 Å². The van der Waals surface area contributed by atoms with Gasteiger partial charge in [-0.15, -0.1) is 0 Å². The minimum atomic E-state index is -5.10. The van der Waals surface area contributed by atoms with E-state index in [0.717, 1.165) is 6.92 Å². The molecule has 0 bridgehead atoms. The molecule has 0 radical (unpaired) electrons. The summed E-state index contributed by atoms with van der Waals surface area (Å²) in [6, 6.07) is 0.760. The maximum Gasteiger partial charge on any atom is 0.419 e. The minimum absolute atomic E-state index is 0.118. The van der Waals surface area contributed by atoms with Crippen molar-refractivity contribution >= 4 is 22.8 Å². The van der Waals surface area contributed by atoms with Gasteiger partial charge < -0.3 is 4.55 Å². The lowest BCUT2D eigenvalue weighted by atomic mass is 10.0. The molecule has 1 unspecified atom stereocenters. The van der Waals surface area contributed by atoms with Crippen molar-refractivity contribution in [3.05, 3.63) is 39.2 Å². The first-order valence-corrected chi connectivity index (χ1v) is 7.38. The summed E-state index contributed by atoms with van der Waals surface area (Å²) < 4.78 is 67.3. The third-order valence-electron chi connectivity index (χ3n) is 2.71. The van der Waals surface area contributed by atoms with Crippen LogP contribution in [-0.2, 0) is 17.5 Å². The molecule has 0 aliphatic heterocycles. The highest BCUT2D eigenvalue weighted by molar-refractivity contribution is 7.91. The molecule has 1 rings (SSSR count). The van der Waals surface area contributed by atoms with E-state index in [1.165, 1.54) is 0 Å². The van der Waals surface area contributed by atoms with Gasteiger partial charge in [0.25, 0.3) is 5.69 Å². The Kier molecular flexibility index (Phi) is 5.42. The first-order chi connectivity index (χ1) is 10.2. The predicted molar refractivity (Wildman–Crippen MR) is 78.2 cm³/mol. The topological polar surface area (TPSA) is 78.6 Å². The summed E-state index contributed by atoms with van der Waals surface area (Å²) in [5, 5.41) is 10.8. The van der Waals surface area contributed by atoms with E-state index in [4.69, 9.17) is 0 Å². The van der Waals surface area contributed by atoms with E-state index in [1.807, 2.05) is 0 Å². The van der Waals surface area contributed by atoms with Crippen molar-refractivity contribution in [3.8, 4) is 0 Å². The number of alkyl halides is 3. The minimum Gasteiger partial charge on any atom is -0.591 e. The Morgan fingerprint density at radius 1 is 1.26 bits per heavy atom. The molecule has 23 heavy (non-hydrogen) atoms. The Balaban J connectivity index is 3.55. The van der Waals surface area contributed by atoms with Gasteiger partial charge in [0.15, 0.2) is 0 Å². The lowest BCUT2D eigenvalue weighted by molar-refractivity contribution is -0.385. The highest BCUT2D eigenvalue weighted by atomic mass is 32.2. The number of nitro groups is 1. The molecule has 1 atom stereocenters. The van der Waals surface area contributed by atoms with Crippen LogP contribution in [0.25, 0.3) is 0 Å². The zero-order valence-electron chi connectivity index (χ0n) is 12.7. The van der Waals surface area contributed by atoms with Crippen LogP contribution in [-0.4, -0.2) is 19.9 Å². The molecule has 10 heteroatoms. The number of nitrogens with zero attached hydrogens (tertiary/aromatic N) is 2. The molecule has 0 saturated carbocycles. The Bertz CT molecular complexity index is 654. The number of non-ortho nitro benzene ring substituents is 1. The number of halogens is 4. The van der Waals surface area contributed by atoms with Crippen LogP contribution in [0.1, 0.15) is 38.8 Å². The van der Waals surface area contributed by atoms with Gasteiger partial charge in [0, 0.05) is 17.7 Å². The van der Waals surface area contributed by atoms with Crippen LogP contribution in [0, 0.1) is 15.9 Å². The molecule has 0 saturated heterocycles. The average Bonchev–Trinajstić information content (AvgIpc) is 2.35. The number of nitro benzene ring substituents is 1. The SMILES string of the molecule is C/C(=N\[S+]([O-])C(C)(C)C)c1cc([N+](=O)[O-])cc(C(F)(F)F)c1F. The number of benzene rings is 1. The van der Waals surface area contributed by atoms with Gasteiger partial charge in [0.2, 0.25) is 0 Å². The average molecular weight is 354 g/mol. The van der Waals surface area contributed by atoms with Crippen LogP contribution in [0.2, 0.25) is 0 Å². The van der Waals surface area contributed by atoms with E-state index in [-0.39, 0.29) is 11.8 Å². The zero-order chi connectivity index (χ0) is 18.2. The van der Waals surface area contributed by atoms with Crippen LogP contribution in [0.5, 0.6) is 0 Å². The first kappa shape index (κ1) is 19.4. The van der Waals surface area contributed by atoms with Crippen molar-refractivity contribution in [1.29, 1.82) is 0 Å². The van der Waals surface area contributed by atoms with Gasteiger partial charge in [-0.25, -0.2) is 4.39 Å². The van der Waals surface area contributed by atoms with E-state index < -0.39 is 49.8 Å². The van der Waals surface area contributed by atoms with Gasteiger partial charge >= 0.3 is 6.18 Å². The van der Waals surface area contributed by atoms with Crippen molar-refractivity contribution in [2.45, 2.75) is 38.6 Å². The zero-order valence-corrected chi connectivity index (χ0v) is 13.5. The summed E-state index contributed by atoms with van der Waals surface area (Å²) in [7, 11) is 0.